The summed E-state index contributed by atoms with van der Waals surface area (Å²) in [5, 5.41) is 4.03. The van der Waals surface area contributed by atoms with E-state index in [9.17, 15) is 4.79 Å². The van der Waals surface area contributed by atoms with Crippen molar-refractivity contribution in [3.05, 3.63) is 106 Å². The number of amides is 1. The summed E-state index contributed by atoms with van der Waals surface area (Å²) in [6.07, 6.45) is 1.62. The summed E-state index contributed by atoms with van der Waals surface area (Å²) in [7, 11) is 0. The van der Waals surface area contributed by atoms with Crippen LogP contribution in [0.25, 0.3) is 0 Å². The van der Waals surface area contributed by atoms with Gasteiger partial charge in [0.2, 0.25) is 0 Å². The van der Waals surface area contributed by atoms with Crippen LogP contribution in [0.5, 0.6) is 0 Å². The van der Waals surface area contributed by atoms with Gasteiger partial charge in [0.25, 0.3) is 5.91 Å². The van der Waals surface area contributed by atoms with Gasteiger partial charge >= 0.3 is 0 Å². The summed E-state index contributed by atoms with van der Waals surface area (Å²) in [6.45, 7) is 0. The molecule has 3 aromatic rings. The fraction of sp³-hybridized carbons (Fsp3) is 0.0909. The Hall–Kier alpha value is -2.37. The molecule has 3 aromatic carbocycles. The van der Waals surface area contributed by atoms with Gasteiger partial charge in [0.15, 0.2) is 0 Å². The van der Waals surface area contributed by atoms with Crippen LogP contribution in [-0.4, -0.2) is 12.1 Å². The molecule has 0 bridgehead atoms. The summed E-state index contributed by atoms with van der Waals surface area (Å²) < 4.78 is 0.931. The number of hydrazone groups is 1. The zero-order valence-corrected chi connectivity index (χ0v) is 17.0. The summed E-state index contributed by atoms with van der Waals surface area (Å²) >= 11 is 5.30. The van der Waals surface area contributed by atoms with E-state index in [1.807, 2.05) is 66.4 Å². The maximum absolute atomic E-state index is 12.2. The quantitative estimate of drug-likeness (QED) is 0.382. The standard InChI is InChI=1S/C22H19BrN2OS/c23-21-9-5-4-8-20(21)14-24-25-22(26)19-12-10-18(11-13-19)16-27-15-17-6-2-1-3-7-17/h1-14H,15-16H2,(H,25,26)/b24-14-. The smallest absolute Gasteiger partial charge is 0.267 e. The number of halogens is 1. The molecule has 0 saturated heterocycles. The number of nitrogens with zero attached hydrogens (tertiary/aromatic N) is 1. The summed E-state index contributed by atoms with van der Waals surface area (Å²) in [5.74, 6) is 1.67. The predicted molar refractivity (Wildman–Crippen MR) is 117 cm³/mol. The molecule has 0 aliphatic rings. The van der Waals surface area contributed by atoms with Gasteiger partial charge in [0.05, 0.1) is 6.21 Å². The van der Waals surface area contributed by atoms with Crippen LogP contribution in [0.1, 0.15) is 27.0 Å². The second-order valence-electron chi connectivity index (χ2n) is 5.90. The van der Waals surface area contributed by atoms with E-state index in [1.54, 1.807) is 6.21 Å². The molecule has 3 nitrogen and oxygen atoms in total. The number of nitrogens with one attached hydrogen (secondary N) is 1. The van der Waals surface area contributed by atoms with E-state index in [1.165, 1.54) is 11.1 Å². The minimum absolute atomic E-state index is 0.221. The third kappa shape index (κ3) is 6.08. The number of carbonyl (C=O) groups excluding carboxylic acids is 1. The van der Waals surface area contributed by atoms with Gasteiger partial charge in [-0.15, -0.1) is 0 Å². The Morgan fingerprint density at radius 3 is 2.22 bits per heavy atom. The van der Waals surface area contributed by atoms with Crippen LogP contribution in [0.2, 0.25) is 0 Å². The number of hydrogen-bond acceptors (Lipinski definition) is 3. The van der Waals surface area contributed by atoms with Crippen LogP contribution in [-0.2, 0) is 11.5 Å². The highest BCUT2D eigenvalue weighted by Crippen LogP contribution is 2.18. The molecule has 0 radical (unpaired) electrons. The molecule has 1 amide bonds. The van der Waals surface area contributed by atoms with E-state index >= 15 is 0 Å². The van der Waals surface area contributed by atoms with Gasteiger partial charge in [-0.1, -0.05) is 76.6 Å². The van der Waals surface area contributed by atoms with E-state index in [-0.39, 0.29) is 5.91 Å². The lowest BCUT2D eigenvalue weighted by Gasteiger charge is -2.04. The first-order valence-corrected chi connectivity index (χ1v) is 10.5. The van der Waals surface area contributed by atoms with Crippen LogP contribution in [0.15, 0.2) is 88.4 Å². The van der Waals surface area contributed by atoms with Crippen molar-refractivity contribution in [1.29, 1.82) is 0 Å². The van der Waals surface area contributed by atoms with Gasteiger partial charge < -0.3 is 0 Å². The minimum Gasteiger partial charge on any atom is -0.267 e. The summed E-state index contributed by atoms with van der Waals surface area (Å²) in [5.41, 5.74) is 6.58. The first-order valence-electron chi connectivity index (χ1n) is 8.51. The van der Waals surface area contributed by atoms with Crippen molar-refractivity contribution >= 4 is 39.8 Å². The van der Waals surface area contributed by atoms with Gasteiger partial charge in [-0.3, -0.25) is 4.79 Å². The predicted octanol–water partition coefficient (Wildman–Crippen LogP) is 5.65. The largest absolute Gasteiger partial charge is 0.271 e. The Labute approximate surface area is 172 Å². The average Bonchev–Trinajstić information content (AvgIpc) is 2.71. The van der Waals surface area contributed by atoms with Crippen molar-refractivity contribution < 1.29 is 4.79 Å². The second-order valence-corrected chi connectivity index (χ2v) is 7.74. The van der Waals surface area contributed by atoms with E-state index in [4.69, 9.17) is 0 Å². The molecule has 0 fully saturated rings. The Bertz CT molecular complexity index is 911. The number of thioether (sulfide) groups is 1. The van der Waals surface area contributed by atoms with Gasteiger partial charge in [-0.25, -0.2) is 5.43 Å². The summed E-state index contributed by atoms with van der Waals surface area (Å²) in [6, 6.07) is 25.8. The Balaban J connectivity index is 1.49. The first kappa shape index (κ1) is 19.4. The van der Waals surface area contributed by atoms with E-state index < -0.39 is 0 Å². The second kappa shape index (κ2) is 10.1. The monoisotopic (exact) mass is 438 g/mol. The van der Waals surface area contributed by atoms with Crippen LogP contribution in [0.3, 0.4) is 0 Å². The van der Waals surface area contributed by atoms with Crippen molar-refractivity contribution in [1.82, 2.24) is 5.43 Å². The molecule has 5 heteroatoms. The van der Waals surface area contributed by atoms with Crippen molar-refractivity contribution in [2.24, 2.45) is 5.10 Å². The molecule has 0 atom stereocenters. The highest BCUT2D eigenvalue weighted by Gasteiger charge is 2.04. The first-order chi connectivity index (χ1) is 13.2. The Kier molecular flexibility index (Phi) is 7.25. The molecule has 3 rings (SSSR count). The molecule has 0 aliphatic carbocycles. The normalized spacial score (nSPS) is 10.9. The van der Waals surface area contributed by atoms with Crippen LogP contribution >= 0.6 is 27.7 Å². The van der Waals surface area contributed by atoms with Gasteiger partial charge in [-0.2, -0.15) is 16.9 Å². The maximum atomic E-state index is 12.2. The van der Waals surface area contributed by atoms with Crippen molar-refractivity contribution in [2.75, 3.05) is 0 Å². The van der Waals surface area contributed by atoms with Crippen LogP contribution in [0.4, 0.5) is 0 Å². The number of benzene rings is 3. The Morgan fingerprint density at radius 1 is 0.889 bits per heavy atom. The average molecular weight is 439 g/mol. The zero-order chi connectivity index (χ0) is 18.9. The molecule has 0 aromatic heterocycles. The molecule has 1 N–H and O–H groups in total. The van der Waals surface area contributed by atoms with Crippen LogP contribution in [0, 0.1) is 0 Å². The lowest BCUT2D eigenvalue weighted by molar-refractivity contribution is 0.0955. The van der Waals surface area contributed by atoms with Crippen molar-refractivity contribution in [3.8, 4) is 0 Å². The van der Waals surface area contributed by atoms with E-state index in [2.05, 4.69) is 50.7 Å². The van der Waals surface area contributed by atoms with Gasteiger partial charge in [-0.05, 0) is 29.3 Å². The fourth-order valence-corrected chi connectivity index (χ4v) is 3.76. The molecule has 0 aliphatic heterocycles. The number of carbonyl (C=O) groups is 1. The number of hydrogen-bond donors (Lipinski definition) is 1. The van der Waals surface area contributed by atoms with Crippen molar-refractivity contribution in [2.45, 2.75) is 11.5 Å². The molecular weight excluding hydrogens is 420 g/mol. The Morgan fingerprint density at radius 2 is 1.52 bits per heavy atom. The zero-order valence-electron chi connectivity index (χ0n) is 14.6. The third-order valence-electron chi connectivity index (χ3n) is 3.87. The molecule has 0 saturated carbocycles. The minimum atomic E-state index is -0.221. The fourth-order valence-electron chi connectivity index (χ4n) is 2.42. The van der Waals surface area contributed by atoms with Gasteiger partial charge in [0.1, 0.15) is 0 Å². The number of rotatable bonds is 7. The maximum Gasteiger partial charge on any atom is 0.271 e. The summed E-state index contributed by atoms with van der Waals surface area (Å²) in [4.78, 5) is 12.2. The van der Waals surface area contributed by atoms with E-state index in [0.717, 1.165) is 21.5 Å². The SMILES string of the molecule is O=C(N/N=C\c1ccccc1Br)c1ccc(CSCc2ccccc2)cc1. The van der Waals surface area contributed by atoms with Gasteiger partial charge in [0, 0.05) is 27.1 Å². The van der Waals surface area contributed by atoms with E-state index in [0.29, 0.717) is 5.56 Å². The molecule has 0 spiro atoms. The lowest BCUT2D eigenvalue weighted by atomic mass is 10.1. The lowest BCUT2D eigenvalue weighted by Crippen LogP contribution is -2.17. The third-order valence-corrected chi connectivity index (χ3v) is 5.67. The molecule has 0 unspecified atom stereocenters. The highest BCUT2D eigenvalue weighted by molar-refractivity contribution is 9.10. The topological polar surface area (TPSA) is 41.5 Å². The van der Waals surface area contributed by atoms with Crippen molar-refractivity contribution in [3.63, 3.8) is 0 Å². The van der Waals surface area contributed by atoms with Crippen LogP contribution < -0.4 is 5.43 Å². The molecule has 0 heterocycles. The molecule has 136 valence electrons. The highest BCUT2D eigenvalue weighted by atomic mass is 79.9. The molecule has 27 heavy (non-hydrogen) atoms. The molecular formula is C22H19BrN2OS.